The molecule has 3 aromatic rings. The van der Waals surface area contributed by atoms with Gasteiger partial charge in [0.25, 0.3) is 0 Å². The summed E-state index contributed by atoms with van der Waals surface area (Å²) in [5.74, 6) is 1.65. The number of benzene rings is 2. The van der Waals surface area contributed by atoms with Crippen LogP contribution in [0.15, 0.2) is 48.8 Å². The number of hydrogen-bond donors (Lipinski definition) is 2. The summed E-state index contributed by atoms with van der Waals surface area (Å²) in [4.78, 5) is 6.93. The van der Waals surface area contributed by atoms with Gasteiger partial charge in [-0.25, -0.2) is 4.98 Å². The van der Waals surface area contributed by atoms with E-state index in [2.05, 4.69) is 23.7 Å². The highest BCUT2D eigenvalue weighted by molar-refractivity contribution is 5.57. The van der Waals surface area contributed by atoms with Gasteiger partial charge in [0.15, 0.2) is 0 Å². The van der Waals surface area contributed by atoms with E-state index in [4.69, 9.17) is 14.9 Å². The van der Waals surface area contributed by atoms with Gasteiger partial charge in [-0.3, -0.25) is 5.41 Å². The Morgan fingerprint density at radius 1 is 1.16 bits per heavy atom. The third kappa shape index (κ3) is 4.21. The van der Waals surface area contributed by atoms with Crippen LogP contribution in [0.2, 0.25) is 0 Å². The highest BCUT2D eigenvalue weighted by Crippen LogP contribution is 2.46. The minimum atomic E-state index is -0.226. The molecule has 7 heteroatoms. The topological polar surface area (TPSA) is 83.6 Å². The van der Waals surface area contributed by atoms with Crippen LogP contribution >= 0.6 is 0 Å². The molecule has 32 heavy (non-hydrogen) atoms. The standard InChI is InChI=1S/C25H30N4O3/c1-4-28(5-2)13-6-14-29-16-27-25-23(24(29)26)22(17-7-10-19(31-3)11-8-17)20-12-9-18(30)15-21(20)32-25/h7-12,15-16,22,26,30H,4-6,13-14H2,1-3H3. The van der Waals surface area contributed by atoms with Gasteiger partial charge in [0.05, 0.1) is 12.7 Å². The lowest BCUT2D eigenvalue weighted by Gasteiger charge is -2.28. The van der Waals surface area contributed by atoms with Crippen LogP contribution in [0.3, 0.4) is 0 Å². The van der Waals surface area contributed by atoms with E-state index in [9.17, 15) is 5.11 Å². The maximum Gasteiger partial charge on any atom is 0.228 e. The number of methoxy groups -OCH3 is 1. The van der Waals surface area contributed by atoms with Crippen molar-refractivity contribution in [3.63, 3.8) is 0 Å². The van der Waals surface area contributed by atoms with Crippen molar-refractivity contribution in [3.8, 4) is 23.1 Å². The smallest absolute Gasteiger partial charge is 0.228 e. The second kappa shape index (κ2) is 9.44. The fourth-order valence-electron chi connectivity index (χ4n) is 4.27. The molecule has 1 aliphatic heterocycles. The summed E-state index contributed by atoms with van der Waals surface area (Å²) in [6.45, 7) is 8.07. The number of aromatic nitrogens is 2. The number of phenols is 1. The van der Waals surface area contributed by atoms with Crippen molar-refractivity contribution in [1.82, 2.24) is 14.5 Å². The summed E-state index contributed by atoms with van der Waals surface area (Å²) in [7, 11) is 1.64. The average molecular weight is 435 g/mol. The quantitative estimate of drug-likeness (QED) is 0.436. The Hall–Kier alpha value is -3.32. The Morgan fingerprint density at radius 3 is 2.59 bits per heavy atom. The van der Waals surface area contributed by atoms with Crippen molar-refractivity contribution in [2.75, 3.05) is 26.7 Å². The predicted molar refractivity (Wildman–Crippen MR) is 123 cm³/mol. The minimum Gasteiger partial charge on any atom is -0.508 e. The lowest BCUT2D eigenvalue weighted by molar-refractivity contribution is 0.291. The van der Waals surface area contributed by atoms with Gasteiger partial charge >= 0.3 is 0 Å². The fraction of sp³-hybridized carbons (Fsp3) is 0.360. The maximum atomic E-state index is 9.98. The molecule has 0 saturated carbocycles. The van der Waals surface area contributed by atoms with Crippen LogP contribution in [0.25, 0.3) is 0 Å². The molecule has 0 radical (unpaired) electrons. The molecule has 0 spiro atoms. The molecule has 2 N–H and O–H groups in total. The average Bonchev–Trinajstić information content (AvgIpc) is 2.82. The van der Waals surface area contributed by atoms with Gasteiger partial charge in [-0.05, 0) is 49.8 Å². The molecule has 0 amide bonds. The van der Waals surface area contributed by atoms with Crippen LogP contribution in [0, 0.1) is 5.41 Å². The molecular formula is C25H30N4O3. The van der Waals surface area contributed by atoms with Crippen molar-refractivity contribution in [1.29, 1.82) is 5.41 Å². The molecular weight excluding hydrogens is 404 g/mol. The van der Waals surface area contributed by atoms with Gasteiger partial charge < -0.3 is 24.0 Å². The Morgan fingerprint density at radius 2 is 1.91 bits per heavy atom. The van der Waals surface area contributed by atoms with Gasteiger partial charge in [0.2, 0.25) is 5.88 Å². The largest absolute Gasteiger partial charge is 0.508 e. The molecule has 1 aromatic heterocycles. The number of aromatic hydroxyl groups is 1. The zero-order valence-electron chi connectivity index (χ0n) is 18.8. The van der Waals surface area contributed by atoms with Crippen molar-refractivity contribution in [2.24, 2.45) is 0 Å². The van der Waals surface area contributed by atoms with Gasteiger partial charge in [0, 0.05) is 24.1 Å². The number of rotatable bonds is 8. The molecule has 1 atom stereocenters. The van der Waals surface area contributed by atoms with Crippen LogP contribution in [-0.2, 0) is 6.54 Å². The lowest BCUT2D eigenvalue weighted by atomic mass is 9.84. The zero-order valence-corrected chi connectivity index (χ0v) is 18.8. The Bertz CT molecular complexity index is 1140. The monoisotopic (exact) mass is 434 g/mol. The van der Waals surface area contributed by atoms with Crippen LogP contribution in [0.1, 0.15) is 42.9 Å². The van der Waals surface area contributed by atoms with Crippen LogP contribution in [-0.4, -0.2) is 46.3 Å². The first-order valence-corrected chi connectivity index (χ1v) is 11.1. The van der Waals surface area contributed by atoms with E-state index < -0.39 is 0 Å². The SMILES string of the molecule is CCN(CC)CCCn1cnc2c(c1=N)C(c1ccc(OC)cc1)c1ccc(O)cc1O2. The highest BCUT2D eigenvalue weighted by atomic mass is 16.5. The van der Waals surface area contributed by atoms with Crippen molar-refractivity contribution < 1.29 is 14.6 Å². The number of nitrogens with zero attached hydrogens (tertiary/aromatic N) is 3. The van der Waals surface area contributed by atoms with Gasteiger partial charge in [0.1, 0.15) is 29.1 Å². The summed E-state index contributed by atoms with van der Waals surface area (Å²) in [6.07, 6.45) is 2.62. The number of phenolic OH excluding ortho intramolecular Hbond substituents is 1. The number of ether oxygens (including phenoxy) is 2. The summed E-state index contributed by atoms with van der Waals surface area (Å²) in [5, 5.41) is 19.0. The maximum absolute atomic E-state index is 9.98. The van der Waals surface area contributed by atoms with Gasteiger partial charge in [-0.2, -0.15) is 0 Å². The fourth-order valence-corrected chi connectivity index (χ4v) is 4.27. The zero-order chi connectivity index (χ0) is 22.7. The highest BCUT2D eigenvalue weighted by Gasteiger charge is 2.32. The predicted octanol–water partition coefficient (Wildman–Crippen LogP) is 4.09. The van der Waals surface area contributed by atoms with Crippen molar-refractivity contribution in [3.05, 3.63) is 71.0 Å². The first kappa shape index (κ1) is 21.9. The van der Waals surface area contributed by atoms with E-state index in [1.165, 1.54) is 0 Å². The van der Waals surface area contributed by atoms with Crippen LogP contribution in [0.5, 0.6) is 23.1 Å². The Kier molecular flexibility index (Phi) is 6.46. The molecule has 0 saturated heterocycles. The second-order valence-corrected chi connectivity index (χ2v) is 7.92. The molecule has 2 heterocycles. The molecule has 0 fully saturated rings. The molecule has 0 bridgehead atoms. The van der Waals surface area contributed by atoms with E-state index >= 15 is 0 Å². The first-order chi connectivity index (χ1) is 15.5. The van der Waals surface area contributed by atoms with E-state index in [0.29, 0.717) is 23.7 Å². The Labute approximate surface area is 188 Å². The summed E-state index contributed by atoms with van der Waals surface area (Å²) in [5.41, 5.74) is 3.04. The van der Waals surface area contributed by atoms with Crippen molar-refractivity contribution >= 4 is 0 Å². The first-order valence-electron chi connectivity index (χ1n) is 11.1. The number of nitrogens with one attached hydrogen (secondary N) is 1. The van der Waals surface area contributed by atoms with Crippen LogP contribution in [0.4, 0.5) is 0 Å². The third-order valence-corrected chi connectivity index (χ3v) is 6.11. The second-order valence-electron chi connectivity index (χ2n) is 7.92. The lowest BCUT2D eigenvalue weighted by Crippen LogP contribution is -2.31. The normalized spacial score (nSPS) is 14.6. The van der Waals surface area contributed by atoms with Gasteiger partial charge in [-0.15, -0.1) is 0 Å². The summed E-state index contributed by atoms with van der Waals surface area (Å²) in [6, 6.07) is 13.0. The minimum absolute atomic E-state index is 0.133. The van der Waals surface area contributed by atoms with E-state index in [1.807, 2.05) is 34.9 Å². The van der Waals surface area contributed by atoms with E-state index in [-0.39, 0.29) is 11.7 Å². The van der Waals surface area contributed by atoms with Crippen molar-refractivity contribution in [2.45, 2.75) is 32.7 Å². The number of aryl methyl sites for hydroxylation is 1. The van der Waals surface area contributed by atoms with E-state index in [0.717, 1.165) is 48.5 Å². The van der Waals surface area contributed by atoms with E-state index in [1.54, 1.807) is 25.6 Å². The molecule has 168 valence electrons. The van der Waals surface area contributed by atoms with Crippen LogP contribution < -0.4 is 15.0 Å². The third-order valence-electron chi connectivity index (χ3n) is 6.11. The number of hydrogen-bond acceptors (Lipinski definition) is 6. The summed E-state index contributed by atoms with van der Waals surface area (Å²) >= 11 is 0. The molecule has 4 rings (SSSR count). The van der Waals surface area contributed by atoms with Gasteiger partial charge in [-0.1, -0.05) is 32.0 Å². The Balaban J connectivity index is 1.75. The molecule has 7 nitrogen and oxygen atoms in total. The molecule has 2 aromatic carbocycles. The number of fused-ring (bicyclic) bond motifs is 2. The molecule has 1 unspecified atom stereocenters. The molecule has 0 aliphatic carbocycles. The summed E-state index contributed by atoms with van der Waals surface area (Å²) < 4.78 is 13.2. The molecule has 1 aliphatic rings.